The van der Waals surface area contributed by atoms with Crippen LogP contribution >= 0.6 is 0 Å². The zero-order chi connectivity index (χ0) is 31.7. The Bertz CT molecular complexity index is 1200. The molecule has 8 nitrogen and oxygen atoms in total. The van der Waals surface area contributed by atoms with Gasteiger partial charge < -0.3 is 24.5 Å². The predicted octanol–water partition coefficient (Wildman–Crippen LogP) is 6.22. The Labute approximate surface area is 256 Å². The lowest BCUT2D eigenvalue weighted by molar-refractivity contribution is -0.0433. The van der Waals surface area contributed by atoms with E-state index in [0.29, 0.717) is 44.0 Å². The highest BCUT2D eigenvalue weighted by Crippen LogP contribution is 2.39. The summed E-state index contributed by atoms with van der Waals surface area (Å²) in [6, 6.07) is 7.61. The zero-order valence-corrected chi connectivity index (χ0v) is 29.8. The average Bonchev–Trinajstić information content (AvgIpc) is 2.85. The predicted molar refractivity (Wildman–Crippen MR) is 174 cm³/mol. The number of nitrogens with one attached hydrogen (secondary N) is 1. The van der Waals surface area contributed by atoms with E-state index in [1.54, 1.807) is 4.90 Å². The van der Waals surface area contributed by atoms with Crippen molar-refractivity contribution in [2.45, 2.75) is 121 Å². The summed E-state index contributed by atoms with van der Waals surface area (Å²) in [5.74, 6) is 0.0965. The van der Waals surface area contributed by atoms with Gasteiger partial charge in [-0.05, 0) is 83.3 Å². The van der Waals surface area contributed by atoms with E-state index in [4.69, 9.17) is 13.5 Å². The van der Waals surface area contributed by atoms with E-state index in [9.17, 15) is 9.90 Å². The van der Waals surface area contributed by atoms with Crippen molar-refractivity contribution in [1.82, 2.24) is 10.2 Å². The van der Waals surface area contributed by atoms with Crippen LogP contribution in [-0.4, -0.2) is 83.9 Å². The van der Waals surface area contributed by atoms with Gasteiger partial charge in [-0.25, -0.2) is 13.4 Å². The molecule has 0 radical (unpaired) electrons. The van der Waals surface area contributed by atoms with Crippen molar-refractivity contribution in [2.75, 3.05) is 32.0 Å². The molecule has 3 rings (SSSR count). The first-order chi connectivity index (χ1) is 19.2. The molecule has 0 bridgehead atoms. The van der Waals surface area contributed by atoms with E-state index in [-0.39, 0.29) is 34.8 Å². The van der Waals surface area contributed by atoms with E-state index in [1.165, 1.54) is 0 Å². The molecule has 2 heterocycles. The highest BCUT2D eigenvalue weighted by atomic mass is 32.2. The maximum atomic E-state index is 15.3. The minimum absolute atomic E-state index is 0.0589. The van der Waals surface area contributed by atoms with Crippen LogP contribution in [-0.2, 0) is 18.9 Å². The Morgan fingerprint density at radius 1 is 1.19 bits per heavy atom. The maximum absolute atomic E-state index is 15.3. The van der Waals surface area contributed by atoms with Crippen LogP contribution in [0.2, 0.25) is 18.1 Å². The molecule has 1 aromatic rings. The van der Waals surface area contributed by atoms with E-state index in [0.717, 1.165) is 5.56 Å². The first-order valence-electron chi connectivity index (χ1n) is 15.5. The number of aliphatic hydroxyl groups is 1. The van der Waals surface area contributed by atoms with Crippen molar-refractivity contribution in [1.29, 1.82) is 0 Å². The molecular weight excluding hydrogens is 567 g/mol. The standard InChI is InChI=1S/C32H57N3O5SSi/c1-23(2)27(21-39-42(10,11)31(7,8)9)34-41(38,25-14-12-24(3)13-15-25)22-32-17-19-35(29(37)40-30(4,5)6)20-26(32)28(36)16-18-33-32/h12-15,23,26-28,33,36H,16-22H2,1-11H3/t26-,27+,28-,32+,41?/m0/s1. The van der Waals surface area contributed by atoms with Gasteiger partial charge in [-0.3, -0.25) is 0 Å². The third-order valence-corrected chi connectivity index (χ3v) is 16.4. The Kier molecular flexibility index (Phi) is 10.7. The van der Waals surface area contributed by atoms with Gasteiger partial charge in [-0.15, -0.1) is 0 Å². The molecule has 240 valence electrons. The highest BCUT2D eigenvalue weighted by molar-refractivity contribution is 7.93. The number of aryl methyl sites for hydroxylation is 1. The topological polar surface area (TPSA) is 100 Å². The van der Waals surface area contributed by atoms with Gasteiger partial charge in [-0.1, -0.05) is 52.3 Å². The minimum atomic E-state index is -2.95. The fourth-order valence-corrected chi connectivity index (χ4v) is 9.33. The number of likely N-dealkylation sites (tertiary alicyclic amines) is 1. The number of fused-ring (bicyclic) bond motifs is 1. The lowest BCUT2D eigenvalue weighted by Crippen LogP contribution is -2.69. The molecule has 2 saturated heterocycles. The number of amides is 1. The van der Waals surface area contributed by atoms with Crippen molar-refractivity contribution in [3.05, 3.63) is 29.8 Å². The van der Waals surface area contributed by atoms with Crippen molar-refractivity contribution >= 4 is 24.1 Å². The molecule has 1 unspecified atom stereocenters. The molecule has 0 saturated carbocycles. The van der Waals surface area contributed by atoms with Gasteiger partial charge >= 0.3 is 6.09 Å². The lowest BCUT2D eigenvalue weighted by Gasteiger charge is -2.53. The van der Waals surface area contributed by atoms with Gasteiger partial charge in [0, 0.05) is 29.4 Å². The van der Waals surface area contributed by atoms with E-state index in [1.807, 2.05) is 52.0 Å². The smallest absolute Gasteiger partial charge is 0.410 e. The quantitative estimate of drug-likeness (QED) is 0.334. The van der Waals surface area contributed by atoms with E-state index < -0.39 is 35.3 Å². The Balaban J connectivity index is 2.03. The van der Waals surface area contributed by atoms with E-state index in [2.05, 4.69) is 53.0 Å². The molecule has 1 amide bonds. The molecule has 10 heteroatoms. The number of hydrogen-bond acceptors (Lipinski definition) is 7. The lowest BCUT2D eigenvalue weighted by atomic mass is 9.72. The molecule has 2 aliphatic heterocycles. The molecule has 5 atom stereocenters. The molecule has 0 aromatic heterocycles. The third kappa shape index (κ3) is 8.37. The number of carbonyl (C=O) groups is 1. The summed E-state index contributed by atoms with van der Waals surface area (Å²) in [7, 11) is -4.99. The molecule has 2 N–H and O–H groups in total. The summed E-state index contributed by atoms with van der Waals surface area (Å²) in [6.45, 7) is 24.8. The van der Waals surface area contributed by atoms with Crippen molar-refractivity contribution in [2.24, 2.45) is 16.2 Å². The van der Waals surface area contributed by atoms with Crippen LogP contribution in [0.4, 0.5) is 4.79 Å². The Hall–Kier alpha value is -1.46. The highest BCUT2D eigenvalue weighted by Gasteiger charge is 2.51. The second kappa shape index (κ2) is 12.9. The van der Waals surface area contributed by atoms with Gasteiger partial charge in [0.15, 0.2) is 8.32 Å². The molecule has 0 spiro atoms. The third-order valence-electron chi connectivity index (χ3n) is 9.33. The summed E-state index contributed by atoms with van der Waals surface area (Å²) in [6.07, 6.45) is 0.132. The number of ether oxygens (including phenoxy) is 1. The van der Waals surface area contributed by atoms with E-state index >= 15 is 4.21 Å². The summed E-state index contributed by atoms with van der Waals surface area (Å²) in [5.41, 5.74) is -0.148. The van der Waals surface area contributed by atoms with Crippen molar-refractivity contribution < 1.29 is 23.3 Å². The summed E-state index contributed by atoms with van der Waals surface area (Å²) >= 11 is 0. The average molecular weight is 624 g/mol. The van der Waals surface area contributed by atoms with Crippen LogP contribution in [0.3, 0.4) is 0 Å². The van der Waals surface area contributed by atoms with Crippen LogP contribution in [0.5, 0.6) is 0 Å². The molecule has 1 aromatic carbocycles. The summed E-state index contributed by atoms with van der Waals surface area (Å²) < 4.78 is 32.8. The van der Waals surface area contributed by atoms with Crippen LogP contribution < -0.4 is 5.32 Å². The fraction of sp³-hybridized carbons (Fsp3) is 0.781. The molecule has 2 aliphatic rings. The summed E-state index contributed by atoms with van der Waals surface area (Å²) in [4.78, 5) is 15.4. The van der Waals surface area contributed by atoms with Gasteiger partial charge in [0.25, 0.3) is 0 Å². The number of nitrogens with zero attached hydrogens (tertiary/aromatic N) is 2. The number of piperidine rings is 2. The molecule has 0 aliphatic carbocycles. The SMILES string of the molecule is Cc1ccc(S(=O)(C[C@]23CCN(C(=O)OC(C)(C)C)C[C@H]2[C@@H](O)CCN3)=N[C@H](CO[Si](C)(C)C(C)(C)C)C(C)C)cc1. The number of benzene rings is 1. The monoisotopic (exact) mass is 623 g/mol. The number of aliphatic hydroxyl groups excluding tert-OH is 1. The van der Waals surface area contributed by atoms with Gasteiger partial charge in [0.05, 0.1) is 34.2 Å². The van der Waals surface area contributed by atoms with Gasteiger partial charge in [0.2, 0.25) is 0 Å². The second-order valence-electron chi connectivity index (χ2n) is 15.3. The van der Waals surface area contributed by atoms with Crippen molar-refractivity contribution in [3.8, 4) is 0 Å². The Morgan fingerprint density at radius 3 is 2.36 bits per heavy atom. The normalized spacial score (nSPS) is 25.9. The number of rotatable bonds is 8. The summed E-state index contributed by atoms with van der Waals surface area (Å²) in [5, 5.41) is 15.0. The van der Waals surface area contributed by atoms with Crippen LogP contribution in [0.15, 0.2) is 33.5 Å². The maximum Gasteiger partial charge on any atom is 0.410 e. The first kappa shape index (κ1) is 35.0. The Morgan fingerprint density at radius 2 is 1.81 bits per heavy atom. The van der Waals surface area contributed by atoms with Crippen LogP contribution in [0.25, 0.3) is 0 Å². The number of carbonyl (C=O) groups excluding carboxylic acids is 1. The van der Waals surface area contributed by atoms with Crippen LogP contribution in [0, 0.1) is 18.8 Å². The molecule has 2 fully saturated rings. The number of hydrogen-bond donors (Lipinski definition) is 2. The molecule has 42 heavy (non-hydrogen) atoms. The van der Waals surface area contributed by atoms with Gasteiger partial charge in [-0.2, -0.15) is 0 Å². The second-order valence-corrected chi connectivity index (χ2v) is 22.4. The molecular formula is C32H57N3O5SSi. The zero-order valence-electron chi connectivity index (χ0n) is 28.0. The van der Waals surface area contributed by atoms with Crippen LogP contribution in [0.1, 0.15) is 73.8 Å². The fourth-order valence-electron chi connectivity index (χ4n) is 5.48. The first-order valence-corrected chi connectivity index (χ1v) is 20.1. The largest absolute Gasteiger partial charge is 0.444 e. The van der Waals surface area contributed by atoms with Crippen molar-refractivity contribution in [3.63, 3.8) is 0 Å². The minimum Gasteiger partial charge on any atom is -0.444 e. The van der Waals surface area contributed by atoms with Gasteiger partial charge in [0.1, 0.15) is 5.60 Å².